The number of hydrogen-bond donors (Lipinski definition) is 3. The minimum absolute atomic E-state index is 0.104. The summed E-state index contributed by atoms with van der Waals surface area (Å²) in [6.45, 7) is 9.06. The van der Waals surface area contributed by atoms with Crippen molar-refractivity contribution in [1.82, 2.24) is 19.8 Å². The monoisotopic (exact) mass is 777 g/mol. The van der Waals surface area contributed by atoms with Gasteiger partial charge in [0.1, 0.15) is 23.7 Å². The van der Waals surface area contributed by atoms with Crippen LogP contribution in [0.3, 0.4) is 0 Å². The lowest BCUT2D eigenvalue weighted by molar-refractivity contribution is -0.141. The Labute approximate surface area is 313 Å². The van der Waals surface area contributed by atoms with Crippen LogP contribution in [0.1, 0.15) is 89.8 Å². The highest BCUT2D eigenvalue weighted by molar-refractivity contribution is 7.91. The third-order valence-corrected chi connectivity index (χ3v) is 13.6. The smallest absolute Gasteiger partial charge is 0.410 e. The molecule has 4 aliphatic rings. The first-order valence-corrected chi connectivity index (χ1v) is 19.7. The van der Waals surface area contributed by atoms with E-state index in [-0.39, 0.29) is 49.6 Å². The number of nitrogens with zero attached hydrogens (tertiary/aromatic N) is 2. The van der Waals surface area contributed by atoms with Crippen molar-refractivity contribution < 1.29 is 41.1 Å². The molecule has 2 aliphatic carbocycles. The Balaban J connectivity index is 1.25. The molecule has 2 aromatic carbocycles. The SMILES string of the molecule is CCC1CC1(NC(=O)C1CC(OC(=O)N2Cc3cccc(Cl)c3C2)CN1C(=O)C(Nc1cccc(C(F)F)c1)C(C)(C)C)C(=O)NS(=O)(=O)C1(C)CC1. The van der Waals surface area contributed by atoms with Gasteiger partial charge in [-0.05, 0) is 66.8 Å². The Kier molecular flexibility index (Phi) is 10.2. The fourth-order valence-corrected chi connectivity index (χ4v) is 8.81. The van der Waals surface area contributed by atoms with Crippen molar-refractivity contribution in [3.05, 3.63) is 64.2 Å². The second kappa shape index (κ2) is 14.0. The van der Waals surface area contributed by atoms with Gasteiger partial charge >= 0.3 is 6.09 Å². The number of hydrogen-bond acceptors (Lipinski definition) is 8. The van der Waals surface area contributed by atoms with Crippen LogP contribution in [0.15, 0.2) is 42.5 Å². The van der Waals surface area contributed by atoms with E-state index in [0.29, 0.717) is 24.3 Å². The van der Waals surface area contributed by atoms with Gasteiger partial charge in [0.15, 0.2) is 0 Å². The number of carbonyl (C=O) groups is 4. The molecule has 2 aromatic rings. The Morgan fingerprint density at radius 2 is 1.77 bits per heavy atom. The van der Waals surface area contributed by atoms with Gasteiger partial charge in [0.05, 0.1) is 17.8 Å². The normalized spacial score (nSPS) is 25.0. The Bertz CT molecular complexity index is 1920. The molecule has 3 fully saturated rings. The van der Waals surface area contributed by atoms with Gasteiger partial charge in [-0.2, -0.15) is 0 Å². The zero-order valence-electron chi connectivity index (χ0n) is 30.4. The van der Waals surface area contributed by atoms with Crippen LogP contribution in [0.5, 0.6) is 0 Å². The lowest BCUT2D eigenvalue weighted by Crippen LogP contribution is -2.59. The fraction of sp³-hybridized carbons (Fsp3) is 0.568. The molecule has 0 radical (unpaired) electrons. The van der Waals surface area contributed by atoms with E-state index in [2.05, 4.69) is 15.4 Å². The van der Waals surface area contributed by atoms with Gasteiger partial charge in [-0.1, -0.05) is 70.0 Å². The van der Waals surface area contributed by atoms with Gasteiger partial charge in [0.25, 0.3) is 12.3 Å². The molecule has 5 atom stereocenters. The molecule has 1 saturated heterocycles. The van der Waals surface area contributed by atoms with E-state index in [9.17, 15) is 36.4 Å². The van der Waals surface area contributed by atoms with Crippen LogP contribution in [0.4, 0.5) is 19.3 Å². The molecule has 2 saturated carbocycles. The highest BCUT2D eigenvalue weighted by Crippen LogP contribution is 2.48. The maximum atomic E-state index is 14.6. The number of ether oxygens (including phenoxy) is 1. The van der Waals surface area contributed by atoms with E-state index in [1.807, 2.05) is 13.0 Å². The number of rotatable bonds is 11. The maximum Gasteiger partial charge on any atom is 0.410 e. The zero-order valence-corrected chi connectivity index (χ0v) is 32.0. The van der Waals surface area contributed by atoms with Crippen LogP contribution < -0.4 is 15.4 Å². The largest absolute Gasteiger partial charge is 0.444 e. The Morgan fingerprint density at radius 1 is 1.08 bits per heavy atom. The lowest BCUT2D eigenvalue weighted by Gasteiger charge is -2.36. The highest BCUT2D eigenvalue weighted by atomic mass is 35.5. The molecule has 2 aliphatic heterocycles. The van der Waals surface area contributed by atoms with Crippen LogP contribution in [0.25, 0.3) is 0 Å². The van der Waals surface area contributed by atoms with Gasteiger partial charge in [0, 0.05) is 29.2 Å². The number of halogens is 3. The summed E-state index contributed by atoms with van der Waals surface area (Å²) in [7, 11) is -4.00. The third-order valence-electron chi connectivity index (χ3n) is 11.0. The Hall–Kier alpha value is -3.98. The first kappa shape index (κ1) is 38.7. The molecule has 0 bridgehead atoms. The second-order valence-corrected chi connectivity index (χ2v) is 18.6. The first-order chi connectivity index (χ1) is 24.8. The van der Waals surface area contributed by atoms with Gasteiger partial charge in [-0.15, -0.1) is 0 Å². The van der Waals surface area contributed by atoms with Crippen LogP contribution in [-0.2, 0) is 42.2 Å². The van der Waals surface area contributed by atoms with Gasteiger partial charge in [0.2, 0.25) is 21.8 Å². The third kappa shape index (κ3) is 7.69. The topological polar surface area (TPSA) is 154 Å². The van der Waals surface area contributed by atoms with Crippen molar-refractivity contribution in [2.24, 2.45) is 11.3 Å². The van der Waals surface area contributed by atoms with Crippen molar-refractivity contribution in [2.45, 2.75) is 115 Å². The van der Waals surface area contributed by atoms with E-state index in [0.717, 1.165) is 11.1 Å². The lowest BCUT2D eigenvalue weighted by atomic mass is 9.85. The molecular formula is C37H46ClF2N5O7S. The Morgan fingerprint density at radius 3 is 2.38 bits per heavy atom. The number of carbonyl (C=O) groups excluding carboxylic acids is 4. The van der Waals surface area contributed by atoms with E-state index >= 15 is 0 Å². The van der Waals surface area contributed by atoms with Crippen LogP contribution in [0.2, 0.25) is 5.02 Å². The molecule has 288 valence electrons. The van der Waals surface area contributed by atoms with Crippen LogP contribution in [0, 0.1) is 11.3 Å². The quantitative estimate of drug-likeness (QED) is 0.270. The molecule has 4 amide bonds. The predicted molar refractivity (Wildman–Crippen MR) is 193 cm³/mol. The number of benzene rings is 2. The van der Waals surface area contributed by atoms with Crippen molar-refractivity contribution in [3.63, 3.8) is 0 Å². The zero-order chi connectivity index (χ0) is 38.7. The highest BCUT2D eigenvalue weighted by Gasteiger charge is 2.63. The summed E-state index contributed by atoms with van der Waals surface area (Å²) in [5, 5.41) is 6.42. The predicted octanol–water partition coefficient (Wildman–Crippen LogP) is 5.51. The first-order valence-electron chi connectivity index (χ1n) is 17.8. The van der Waals surface area contributed by atoms with Crippen molar-refractivity contribution in [3.8, 4) is 0 Å². The molecule has 6 rings (SSSR count). The molecule has 5 unspecified atom stereocenters. The van der Waals surface area contributed by atoms with Crippen molar-refractivity contribution in [2.75, 3.05) is 11.9 Å². The minimum Gasteiger partial charge on any atom is -0.444 e. The number of nitrogens with one attached hydrogen (secondary N) is 3. The molecule has 12 nitrogen and oxygen atoms in total. The average Bonchev–Trinajstić information content (AvgIpc) is 3.89. The van der Waals surface area contributed by atoms with E-state index in [4.69, 9.17) is 16.3 Å². The average molecular weight is 778 g/mol. The number of fused-ring (bicyclic) bond motifs is 1. The summed E-state index contributed by atoms with van der Waals surface area (Å²) in [5.41, 5.74) is -0.588. The number of amides is 4. The molecule has 53 heavy (non-hydrogen) atoms. The number of alkyl halides is 2. The van der Waals surface area contributed by atoms with E-state index in [1.165, 1.54) is 28.0 Å². The summed E-state index contributed by atoms with van der Waals surface area (Å²) in [6.07, 6.45) is -2.91. The maximum absolute atomic E-state index is 14.6. The number of likely N-dealkylation sites (tertiary alicyclic amines) is 1. The van der Waals surface area contributed by atoms with Gasteiger partial charge in [-0.3, -0.25) is 24.0 Å². The summed E-state index contributed by atoms with van der Waals surface area (Å²) < 4.78 is 60.2. The summed E-state index contributed by atoms with van der Waals surface area (Å²) in [4.78, 5) is 58.7. The molecule has 0 aromatic heterocycles. The summed E-state index contributed by atoms with van der Waals surface area (Å²) >= 11 is 6.36. The van der Waals surface area contributed by atoms with Gasteiger partial charge in [-0.25, -0.2) is 22.0 Å². The van der Waals surface area contributed by atoms with E-state index < -0.39 is 74.2 Å². The molecular weight excluding hydrogens is 732 g/mol. The van der Waals surface area contributed by atoms with Crippen LogP contribution in [-0.4, -0.2) is 77.1 Å². The summed E-state index contributed by atoms with van der Waals surface area (Å²) in [5.74, 6) is -2.43. The van der Waals surface area contributed by atoms with Crippen molar-refractivity contribution in [1.29, 1.82) is 0 Å². The standard InChI is InChI=1S/C37H46ClF2N5O7S/c1-6-23-17-37(23,33(48)43-53(50,51)36(5)13-14-36)42-31(46)28-16-25(52-34(49)44-18-22-10-8-12-27(38)26(22)20-44)19-45(28)32(47)29(35(2,3)4)41-24-11-7-9-21(15-24)30(39)40/h7-12,15,23,25,28-30,41H,6,13-14,16-20H2,1-5H3,(H,42,46)(H,43,48). The van der Waals surface area contributed by atoms with Crippen molar-refractivity contribution >= 4 is 51.1 Å². The minimum atomic E-state index is -4.00. The molecule has 2 heterocycles. The summed E-state index contributed by atoms with van der Waals surface area (Å²) in [6, 6.07) is 8.70. The second-order valence-electron chi connectivity index (χ2n) is 16.0. The van der Waals surface area contributed by atoms with Gasteiger partial charge < -0.3 is 20.3 Å². The molecule has 16 heteroatoms. The van der Waals surface area contributed by atoms with E-state index in [1.54, 1.807) is 45.9 Å². The number of sulfonamides is 1. The molecule has 3 N–H and O–H groups in total. The fourth-order valence-electron chi connectivity index (χ4n) is 7.24. The van der Waals surface area contributed by atoms with Crippen LogP contribution >= 0.6 is 11.6 Å². The molecule has 0 spiro atoms. The number of anilines is 1.